The lowest BCUT2D eigenvalue weighted by atomic mass is 9.96. The monoisotopic (exact) mass is 630 g/mol. The van der Waals surface area contributed by atoms with Gasteiger partial charge in [0.15, 0.2) is 4.80 Å². The lowest BCUT2D eigenvalue weighted by Gasteiger charge is -2.24. The number of ether oxygens (including phenoxy) is 2. The third-order valence-electron chi connectivity index (χ3n) is 6.36. The van der Waals surface area contributed by atoms with Crippen LogP contribution < -0.4 is 19.6 Å². The number of thiazole rings is 1. The van der Waals surface area contributed by atoms with E-state index in [9.17, 15) is 14.0 Å². The highest BCUT2D eigenvalue weighted by Crippen LogP contribution is 2.31. The highest BCUT2D eigenvalue weighted by Gasteiger charge is 2.33. The number of allylic oxidation sites excluding steroid dienone is 1. The average molecular weight is 632 g/mol. The SMILES string of the molecule is CCOC(=O)C1=C(C)N=c2s/c(=C\c3cc(Cl)ccc3OCc3ccc(Cl)cc3Cl)c(=O)n2[C@H]1c1ccc(F)cc1. The Labute approximate surface area is 253 Å². The molecule has 3 aromatic carbocycles. The van der Waals surface area contributed by atoms with Gasteiger partial charge in [0.1, 0.15) is 18.2 Å². The molecule has 0 saturated heterocycles. The van der Waals surface area contributed by atoms with Gasteiger partial charge in [-0.15, -0.1) is 0 Å². The number of aromatic nitrogens is 1. The van der Waals surface area contributed by atoms with Gasteiger partial charge < -0.3 is 9.47 Å². The first-order valence-electron chi connectivity index (χ1n) is 12.5. The largest absolute Gasteiger partial charge is 0.488 e. The van der Waals surface area contributed by atoms with Crippen LogP contribution in [0.1, 0.15) is 36.6 Å². The predicted molar refractivity (Wildman–Crippen MR) is 159 cm³/mol. The minimum atomic E-state index is -0.852. The summed E-state index contributed by atoms with van der Waals surface area (Å²) in [6, 6.07) is 15.0. The van der Waals surface area contributed by atoms with Gasteiger partial charge in [-0.25, -0.2) is 14.2 Å². The molecule has 1 atom stereocenters. The molecule has 0 spiro atoms. The van der Waals surface area contributed by atoms with Gasteiger partial charge in [0.2, 0.25) is 0 Å². The van der Waals surface area contributed by atoms with Crippen LogP contribution in [0, 0.1) is 5.82 Å². The maximum absolute atomic E-state index is 13.9. The number of rotatable bonds is 7. The highest BCUT2D eigenvalue weighted by atomic mass is 35.5. The normalized spacial score (nSPS) is 15.0. The minimum Gasteiger partial charge on any atom is -0.488 e. The Morgan fingerprint density at radius 2 is 1.78 bits per heavy atom. The summed E-state index contributed by atoms with van der Waals surface area (Å²) in [6.07, 6.45) is 1.67. The molecule has 4 aromatic rings. The molecule has 210 valence electrons. The van der Waals surface area contributed by atoms with Crippen LogP contribution in [-0.2, 0) is 16.1 Å². The second kappa shape index (κ2) is 12.2. The smallest absolute Gasteiger partial charge is 0.338 e. The van der Waals surface area contributed by atoms with Gasteiger partial charge in [0.25, 0.3) is 5.56 Å². The van der Waals surface area contributed by atoms with E-state index in [1.165, 1.54) is 16.7 Å². The van der Waals surface area contributed by atoms with Crippen molar-refractivity contribution < 1.29 is 18.7 Å². The quantitative estimate of drug-likeness (QED) is 0.219. The van der Waals surface area contributed by atoms with Crippen molar-refractivity contribution in [3.63, 3.8) is 0 Å². The summed E-state index contributed by atoms with van der Waals surface area (Å²) < 4.78 is 26.9. The summed E-state index contributed by atoms with van der Waals surface area (Å²) in [7, 11) is 0. The summed E-state index contributed by atoms with van der Waals surface area (Å²) in [5.41, 5.74) is 2.08. The Morgan fingerprint density at radius 1 is 1.07 bits per heavy atom. The van der Waals surface area contributed by atoms with Crippen LogP contribution in [0.15, 0.2) is 81.7 Å². The molecule has 41 heavy (non-hydrogen) atoms. The Bertz CT molecular complexity index is 1870. The van der Waals surface area contributed by atoms with Crippen LogP contribution in [0.25, 0.3) is 6.08 Å². The van der Waals surface area contributed by atoms with Crippen molar-refractivity contribution in [3.05, 3.63) is 129 Å². The summed E-state index contributed by atoms with van der Waals surface area (Å²) in [5.74, 6) is -0.554. The fourth-order valence-corrected chi connectivity index (χ4v) is 6.13. The van der Waals surface area contributed by atoms with E-state index in [0.717, 1.165) is 16.9 Å². The molecule has 0 saturated carbocycles. The Morgan fingerprint density at radius 3 is 2.49 bits per heavy atom. The predicted octanol–water partition coefficient (Wildman–Crippen LogP) is 6.48. The zero-order chi connectivity index (χ0) is 29.3. The number of carbonyl (C=O) groups is 1. The molecule has 0 unspecified atom stereocenters. The van der Waals surface area contributed by atoms with Crippen molar-refractivity contribution >= 4 is 58.2 Å². The van der Waals surface area contributed by atoms with Crippen LogP contribution in [0.2, 0.25) is 15.1 Å². The van der Waals surface area contributed by atoms with Crippen molar-refractivity contribution in [2.24, 2.45) is 4.99 Å². The average Bonchev–Trinajstić information content (AvgIpc) is 3.23. The Hall–Kier alpha value is -3.43. The first-order chi connectivity index (χ1) is 19.7. The van der Waals surface area contributed by atoms with Crippen molar-refractivity contribution in [3.8, 4) is 5.75 Å². The van der Waals surface area contributed by atoms with Crippen LogP contribution in [0.5, 0.6) is 5.75 Å². The second-order valence-electron chi connectivity index (χ2n) is 9.06. The third kappa shape index (κ3) is 6.11. The number of hydrogen-bond donors (Lipinski definition) is 0. The number of esters is 1. The van der Waals surface area contributed by atoms with E-state index in [1.54, 1.807) is 68.5 Å². The van der Waals surface area contributed by atoms with Crippen molar-refractivity contribution in [2.45, 2.75) is 26.5 Å². The molecule has 2 heterocycles. The number of benzene rings is 3. The molecule has 6 nitrogen and oxygen atoms in total. The van der Waals surface area contributed by atoms with E-state index in [2.05, 4.69) is 4.99 Å². The standard InChI is InChI=1S/C30H22Cl3FN2O4S/c1-3-39-29(38)26-16(2)35-30-36(27(26)17-5-9-22(34)10-6-17)28(37)25(41-30)13-19-12-20(31)8-11-24(19)40-15-18-4-7-21(32)14-23(18)33/h4-14,27H,3,15H2,1-2H3/b25-13-/t27-/m0/s1. The van der Waals surface area contributed by atoms with Gasteiger partial charge in [-0.2, -0.15) is 0 Å². The molecule has 0 aliphatic carbocycles. The summed E-state index contributed by atoms with van der Waals surface area (Å²) in [4.78, 5) is 31.8. The van der Waals surface area contributed by atoms with Gasteiger partial charge in [-0.3, -0.25) is 9.36 Å². The molecule has 11 heteroatoms. The fraction of sp³-hybridized carbons (Fsp3) is 0.167. The van der Waals surface area contributed by atoms with Gasteiger partial charge in [-0.05, 0) is 68.0 Å². The van der Waals surface area contributed by atoms with Gasteiger partial charge in [0, 0.05) is 26.2 Å². The molecular weight excluding hydrogens is 610 g/mol. The number of fused-ring (bicyclic) bond motifs is 1. The van der Waals surface area contributed by atoms with E-state index in [-0.39, 0.29) is 24.3 Å². The third-order valence-corrected chi connectivity index (χ3v) is 8.16. The first-order valence-corrected chi connectivity index (χ1v) is 14.4. The van der Waals surface area contributed by atoms with E-state index in [4.69, 9.17) is 44.3 Å². The number of hydrogen-bond acceptors (Lipinski definition) is 6. The molecule has 0 fully saturated rings. The lowest BCUT2D eigenvalue weighted by molar-refractivity contribution is -0.139. The molecule has 0 N–H and O–H groups in total. The van der Waals surface area contributed by atoms with Crippen LogP contribution in [0.3, 0.4) is 0 Å². The summed E-state index contributed by atoms with van der Waals surface area (Å²) in [5, 5.41) is 1.43. The Kier molecular flexibility index (Phi) is 8.66. The number of carbonyl (C=O) groups excluding carboxylic acids is 1. The second-order valence-corrected chi connectivity index (χ2v) is 11.3. The minimum absolute atomic E-state index is 0.148. The van der Waals surface area contributed by atoms with Crippen molar-refractivity contribution in [1.29, 1.82) is 0 Å². The first kappa shape index (κ1) is 29.1. The maximum Gasteiger partial charge on any atom is 0.338 e. The molecule has 1 aromatic heterocycles. The molecule has 0 bridgehead atoms. The van der Waals surface area contributed by atoms with E-state index in [0.29, 0.717) is 47.0 Å². The van der Waals surface area contributed by atoms with Gasteiger partial charge in [-0.1, -0.05) is 64.3 Å². The Balaban J connectivity index is 1.61. The van der Waals surface area contributed by atoms with E-state index in [1.807, 2.05) is 0 Å². The number of halogens is 4. The fourth-order valence-electron chi connectivity index (χ4n) is 4.45. The van der Waals surface area contributed by atoms with Gasteiger partial charge in [0.05, 0.1) is 28.5 Å². The zero-order valence-corrected chi connectivity index (χ0v) is 24.9. The van der Waals surface area contributed by atoms with E-state index >= 15 is 0 Å². The molecular formula is C30H22Cl3FN2O4S. The summed E-state index contributed by atoms with van der Waals surface area (Å²) >= 11 is 19.8. The van der Waals surface area contributed by atoms with E-state index < -0.39 is 17.8 Å². The summed E-state index contributed by atoms with van der Waals surface area (Å²) in [6.45, 7) is 3.69. The van der Waals surface area contributed by atoms with Crippen molar-refractivity contribution in [1.82, 2.24) is 4.57 Å². The maximum atomic E-state index is 13.9. The van der Waals surface area contributed by atoms with Gasteiger partial charge >= 0.3 is 5.97 Å². The zero-order valence-electron chi connectivity index (χ0n) is 21.8. The molecule has 1 aliphatic rings. The van der Waals surface area contributed by atoms with Crippen LogP contribution >= 0.6 is 46.1 Å². The van der Waals surface area contributed by atoms with Crippen LogP contribution in [-0.4, -0.2) is 17.1 Å². The highest BCUT2D eigenvalue weighted by molar-refractivity contribution is 7.07. The molecule has 0 radical (unpaired) electrons. The van der Waals surface area contributed by atoms with Crippen LogP contribution in [0.4, 0.5) is 4.39 Å². The lowest BCUT2D eigenvalue weighted by Crippen LogP contribution is -2.39. The number of nitrogens with zero attached hydrogens (tertiary/aromatic N) is 2. The molecule has 5 rings (SSSR count). The van der Waals surface area contributed by atoms with Crippen molar-refractivity contribution in [2.75, 3.05) is 6.61 Å². The molecule has 1 aliphatic heterocycles. The topological polar surface area (TPSA) is 69.9 Å². The molecule has 0 amide bonds.